The maximum atomic E-state index is 12.2. The number of halogens is 1. The summed E-state index contributed by atoms with van der Waals surface area (Å²) in [5, 5.41) is 4.21. The van der Waals surface area contributed by atoms with Gasteiger partial charge in [-0.1, -0.05) is 13.3 Å². The lowest BCUT2D eigenvalue weighted by molar-refractivity contribution is 0.0948. The summed E-state index contributed by atoms with van der Waals surface area (Å²) < 4.78 is 2.53. The quantitative estimate of drug-likeness (QED) is 0.822. The van der Waals surface area contributed by atoms with Gasteiger partial charge in [0.2, 0.25) is 0 Å². The molecule has 0 radical (unpaired) electrons. The molecule has 0 fully saturated rings. The molecule has 1 atom stereocenters. The smallest absolute Gasteiger partial charge is 0.182 e. The number of hydrogen-bond acceptors (Lipinski definition) is 3. The number of rotatable bonds is 6. The summed E-state index contributed by atoms with van der Waals surface area (Å²) in [7, 11) is 0. The molecule has 0 aliphatic rings. The zero-order chi connectivity index (χ0) is 13.0. The van der Waals surface area contributed by atoms with Crippen molar-refractivity contribution in [2.75, 3.05) is 6.54 Å². The summed E-state index contributed by atoms with van der Waals surface area (Å²) in [6.07, 6.45) is 3.09. The van der Waals surface area contributed by atoms with Gasteiger partial charge in [-0.3, -0.25) is 9.48 Å². The van der Waals surface area contributed by atoms with Crippen LogP contribution in [0.4, 0.5) is 0 Å². The fourth-order valence-electron chi connectivity index (χ4n) is 1.75. The predicted octanol–water partition coefficient (Wildman–Crippen LogP) is 2.78. The van der Waals surface area contributed by atoms with Crippen LogP contribution in [-0.2, 0) is 0 Å². The molecule has 0 saturated heterocycles. The van der Waals surface area contributed by atoms with Crippen molar-refractivity contribution in [3.63, 3.8) is 0 Å². The van der Waals surface area contributed by atoms with Crippen LogP contribution in [0.5, 0.6) is 0 Å². The normalized spacial score (nSPS) is 13.1. The maximum Gasteiger partial charge on any atom is 0.182 e. The lowest BCUT2D eigenvalue weighted by Crippen LogP contribution is -2.20. The van der Waals surface area contributed by atoms with Gasteiger partial charge >= 0.3 is 0 Å². The van der Waals surface area contributed by atoms with Gasteiger partial charge in [0.25, 0.3) is 0 Å². The molecule has 2 N–H and O–H groups in total. The zero-order valence-corrected chi connectivity index (χ0v) is 12.2. The van der Waals surface area contributed by atoms with Crippen LogP contribution in [0.2, 0.25) is 0 Å². The van der Waals surface area contributed by atoms with Crippen LogP contribution >= 0.6 is 15.9 Å². The van der Waals surface area contributed by atoms with Crippen molar-refractivity contribution in [1.82, 2.24) is 9.78 Å². The Labute approximate surface area is 111 Å². The van der Waals surface area contributed by atoms with Crippen molar-refractivity contribution in [2.24, 2.45) is 11.7 Å². The summed E-state index contributed by atoms with van der Waals surface area (Å²) >= 11 is 3.38. The van der Waals surface area contributed by atoms with Crippen molar-refractivity contribution >= 4 is 21.7 Å². The predicted molar refractivity (Wildman–Crippen MR) is 72.1 cm³/mol. The van der Waals surface area contributed by atoms with Crippen LogP contribution in [0.25, 0.3) is 0 Å². The van der Waals surface area contributed by atoms with Gasteiger partial charge in [0.15, 0.2) is 5.78 Å². The van der Waals surface area contributed by atoms with Crippen LogP contribution in [0, 0.1) is 5.92 Å². The Morgan fingerprint density at radius 3 is 2.71 bits per heavy atom. The molecule has 96 valence electrons. The molecule has 4 nitrogen and oxygen atoms in total. The van der Waals surface area contributed by atoms with Gasteiger partial charge in [0.1, 0.15) is 5.69 Å². The second kappa shape index (κ2) is 6.31. The minimum Gasteiger partial charge on any atom is -0.330 e. The molecule has 0 amide bonds. The van der Waals surface area contributed by atoms with Crippen LogP contribution in [0.3, 0.4) is 0 Å². The molecule has 0 saturated carbocycles. The third kappa shape index (κ3) is 3.39. The third-order valence-electron chi connectivity index (χ3n) is 2.89. The molecule has 0 spiro atoms. The molecule has 1 unspecified atom stereocenters. The molecule has 1 heterocycles. The van der Waals surface area contributed by atoms with Crippen LogP contribution in [-0.4, -0.2) is 22.1 Å². The fourth-order valence-corrected chi connectivity index (χ4v) is 2.24. The SMILES string of the molecule is CCC(CN)CC(=O)c1c(Br)cnn1C(C)C. The summed E-state index contributed by atoms with van der Waals surface area (Å²) in [6, 6.07) is 0.179. The van der Waals surface area contributed by atoms with E-state index in [1.807, 2.05) is 13.8 Å². The lowest BCUT2D eigenvalue weighted by Gasteiger charge is -2.14. The minimum atomic E-state index is 0.111. The van der Waals surface area contributed by atoms with E-state index in [1.165, 1.54) is 0 Å². The number of ketones is 1. The number of carbonyl (C=O) groups excluding carboxylic acids is 1. The fraction of sp³-hybridized carbons (Fsp3) is 0.667. The first-order valence-electron chi connectivity index (χ1n) is 5.97. The minimum absolute atomic E-state index is 0.111. The van der Waals surface area contributed by atoms with Gasteiger partial charge < -0.3 is 5.73 Å². The second-order valence-electron chi connectivity index (χ2n) is 4.52. The molecule has 0 aromatic carbocycles. The van der Waals surface area contributed by atoms with Crippen molar-refractivity contribution in [1.29, 1.82) is 0 Å². The first-order valence-corrected chi connectivity index (χ1v) is 6.76. The Hall–Kier alpha value is -0.680. The van der Waals surface area contributed by atoms with Crippen LogP contribution in [0.15, 0.2) is 10.7 Å². The standard InChI is InChI=1S/C12H20BrN3O/c1-4-9(6-14)5-11(17)12-10(13)7-15-16(12)8(2)3/h7-9H,4-6,14H2,1-3H3. The molecule has 0 aliphatic heterocycles. The van der Waals surface area contributed by atoms with Gasteiger partial charge in [0.05, 0.1) is 10.7 Å². The first-order chi connectivity index (χ1) is 8.01. The highest BCUT2D eigenvalue weighted by molar-refractivity contribution is 9.10. The van der Waals surface area contributed by atoms with Gasteiger partial charge in [-0.15, -0.1) is 0 Å². The van der Waals surface area contributed by atoms with Crippen molar-refractivity contribution in [3.05, 3.63) is 16.4 Å². The molecule has 1 rings (SSSR count). The molecule has 1 aromatic heterocycles. The third-order valence-corrected chi connectivity index (χ3v) is 3.47. The number of nitrogens with two attached hydrogens (primary N) is 1. The average molecular weight is 302 g/mol. The average Bonchev–Trinajstić information content (AvgIpc) is 2.67. The highest BCUT2D eigenvalue weighted by Gasteiger charge is 2.21. The zero-order valence-electron chi connectivity index (χ0n) is 10.6. The first kappa shape index (κ1) is 14.4. The second-order valence-corrected chi connectivity index (χ2v) is 5.37. The van der Waals surface area contributed by atoms with E-state index in [-0.39, 0.29) is 17.7 Å². The van der Waals surface area contributed by atoms with E-state index in [9.17, 15) is 4.79 Å². The summed E-state index contributed by atoms with van der Waals surface area (Å²) in [4.78, 5) is 12.2. The number of hydrogen-bond donors (Lipinski definition) is 1. The number of carbonyl (C=O) groups is 1. The molecule has 1 aromatic rings. The van der Waals surface area contributed by atoms with Gasteiger partial charge in [0, 0.05) is 12.5 Å². The van der Waals surface area contributed by atoms with E-state index in [1.54, 1.807) is 10.9 Å². The van der Waals surface area contributed by atoms with E-state index in [0.29, 0.717) is 18.7 Å². The van der Waals surface area contributed by atoms with E-state index in [4.69, 9.17) is 5.73 Å². The Balaban J connectivity index is 2.91. The molecule has 5 heteroatoms. The van der Waals surface area contributed by atoms with Crippen LogP contribution in [0.1, 0.15) is 50.1 Å². The summed E-state index contributed by atoms with van der Waals surface area (Å²) in [5.41, 5.74) is 6.29. The Kier molecular flexibility index (Phi) is 5.33. The number of Topliss-reactive ketones (excluding diaryl/α,β-unsaturated/α-hetero) is 1. The molecule has 0 bridgehead atoms. The number of aromatic nitrogens is 2. The Morgan fingerprint density at radius 1 is 1.59 bits per heavy atom. The van der Waals surface area contributed by atoms with Gasteiger partial charge in [-0.25, -0.2) is 0 Å². The maximum absolute atomic E-state index is 12.2. The highest BCUT2D eigenvalue weighted by atomic mass is 79.9. The summed E-state index contributed by atoms with van der Waals surface area (Å²) in [6.45, 7) is 6.63. The van der Waals surface area contributed by atoms with E-state index >= 15 is 0 Å². The van der Waals surface area contributed by atoms with Gasteiger partial charge in [-0.2, -0.15) is 5.10 Å². The monoisotopic (exact) mass is 301 g/mol. The van der Waals surface area contributed by atoms with E-state index in [2.05, 4.69) is 28.0 Å². The molecule has 17 heavy (non-hydrogen) atoms. The van der Waals surface area contributed by atoms with E-state index < -0.39 is 0 Å². The Morgan fingerprint density at radius 2 is 2.24 bits per heavy atom. The summed E-state index contributed by atoms with van der Waals surface area (Å²) in [5.74, 6) is 0.366. The highest BCUT2D eigenvalue weighted by Crippen LogP contribution is 2.23. The topological polar surface area (TPSA) is 60.9 Å². The van der Waals surface area contributed by atoms with Crippen molar-refractivity contribution in [2.45, 2.75) is 39.7 Å². The van der Waals surface area contributed by atoms with Crippen molar-refractivity contribution < 1.29 is 4.79 Å². The number of nitrogens with zero attached hydrogens (tertiary/aromatic N) is 2. The Bertz CT molecular complexity index is 383. The largest absolute Gasteiger partial charge is 0.330 e. The molecular formula is C12H20BrN3O. The van der Waals surface area contributed by atoms with Crippen molar-refractivity contribution in [3.8, 4) is 0 Å². The van der Waals surface area contributed by atoms with Gasteiger partial charge in [-0.05, 0) is 42.2 Å². The molecular weight excluding hydrogens is 282 g/mol. The van der Waals surface area contributed by atoms with Crippen LogP contribution < -0.4 is 5.73 Å². The molecule has 0 aliphatic carbocycles. The lowest BCUT2D eigenvalue weighted by atomic mass is 9.98. The van der Waals surface area contributed by atoms with E-state index in [0.717, 1.165) is 10.9 Å².